The number of carbonyl (C=O) groups excluding carboxylic acids is 4. The first-order chi connectivity index (χ1) is 10.6. The number of hydrogen-bond donors (Lipinski definition) is 0. The second-order valence-corrected chi connectivity index (χ2v) is 4.41. The van der Waals surface area contributed by atoms with E-state index in [1.54, 1.807) is 24.3 Å². The van der Waals surface area contributed by atoms with Gasteiger partial charge in [-0.1, -0.05) is 28.8 Å². The van der Waals surface area contributed by atoms with Crippen molar-refractivity contribution in [1.29, 1.82) is 0 Å². The number of benzene rings is 2. The predicted molar refractivity (Wildman–Crippen MR) is 77.8 cm³/mol. The number of ketones is 1. The van der Waals surface area contributed by atoms with Gasteiger partial charge in [0.2, 0.25) is 0 Å². The third-order valence-corrected chi connectivity index (χ3v) is 3.01. The van der Waals surface area contributed by atoms with Crippen molar-refractivity contribution in [2.45, 2.75) is 0 Å². The Bertz CT molecular complexity index is 767. The van der Waals surface area contributed by atoms with E-state index in [9.17, 15) is 19.2 Å². The molecule has 0 aliphatic heterocycles. The molecule has 117 valence electrons. The van der Waals surface area contributed by atoms with Crippen molar-refractivity contribution in [2.24, 2.45) is 0 Å². The molecule has 1 radical (unpaired) electrons. The van der Waals surface area contributed by atoms with Crippen LogP contribution < -0.4 is 0 Å². The molecular formula is C17H11O5Os. The fraction of sp³-hybridized carbons (Fsp3) is 0.0588. The number of esters is 1. The first-order valence-corrected chi connectivity index (χ1v) is 6.30. The Morgan fingerprint density at radius 2 is 1.83 bits per heavy atom. The topological polar surface area (TPSA) is 77.5 Å². The standard InChI is InChI=1S/C17H11O5.Os/c1-22-17(21)13-4-2-3-12(7-13)14-5-11(9-18)6-15(8-14)16(20)10-19;/h2-5,7-10H,1H3;/q-1;+1. The number of rotatable bonds is 5. The summed E-state index contributed by atoms with van der Waals surface area (Å²) in [6.07, 6.45) is 0.699. The molecule has 0 saturated carbocycles. The second kappa shape index (κ2) is 8.26. The van der Waals surface area contributed by atoms with Crippen molar-refractivity contribution >= 4 is 24.3 Å². The van der Waals surface area contributed by atoms with Gasteiger partial charge >= 0.3 is 25.8 Å². The molecule has 0 unspecified atom stereocenters. The van der Waals surface area contributed by atoms with E-state index in [0.29, 0.717) is 23.0 Å². The molecule has 0 N–H and O–H groups in total. The predicted octanol–water partition coefficient (Wildman–Crippen LogP) is 2.13. The summed E-state index contributed by atoms with van der Waals surface area (Å²) in [6, 6.07) is 12.1. The quantitative estimate of drug-likeness (QED) is 0.213. The van der Waals surface area contributed by atoms with Crippen molar-refractivity contribution in [3.63, 3.8) is 0 Å². The van der Waals surface area contributed by atoms with E-state index in [0.717, 1.165) is 0 Å². The van der Waals surface area contributed by atoms with E-state index in [2.05, 4.69) is 10.8 Å². The molecule has 0 atom stereocenters. The molecule has 23 heavy (non-hydrogen) atoms. The van der Waals surface area contributed by atoms with Gasteiger partial charge in [-0.05, 0) is 17.7 Å². The summed E-state index contributed by atoms with van der Waals surface area (Å²) in [5.41, 5.74) is 1.62. The van der Waals surface area contributed by atoms with Crippen LogP contribution in [0.3, 0.4) is 0 Å². The number of aldehydes is 2. The molecular weight excluding hydrogens is 474 g/mol. The summed E-state index contributed by atoms with van der Waals surface area (Å²) in [5, 5.41) is 0. The minimum absolute atomic E-state index is 0. The molecule has 0 amide bonds. The number of Topliss-reactive ketones (excluding diaryl/α,β-unsaturated/α-hetero) is 1. The Morgan fingerprint density at radius 1 is 1.09 bits per heavy atom. The Hall–Kier alpha value is -2.44. The van der Waals surface area contributed by atoms with E-state index in [4.69, 9.17) is 0 Å². The summed E-state index contributed by atoms with van der Waals surface area (Å²) in [4.78, 5) is 44.6. The van der Waals surface area contributed by atoms with Crippen LogP contribution in [0, 0.1) is 6.07 Å². The van der Waals surface area contributed by atoms with E-state index >= 15 is 0 Å². The van der Waals surface area contributed by atoms with Crippen LogP contribution in [-0.4, -0.2) is 31.4 Å². The van der Waals surface area contributed by atoms with E-state index in [-0.39, 0.29) is 37.2 Å². The van der Waals surface area contributed by atoms with Gasteiger partial charge in [0, 0.05) is 0 Å². The summed E-state index contributed by atoms with van der Waals surface area (Å²) in [7, 11) is 1.28. The van der Waals surface area contributed by atoms with Gasteiger partial charge in [0.1, 0.15) is 0 Å². The first-order valence-electron chi connectivity index (χ1n) is 6.30. The fourth-order valence-electron chi connectivity index (χ4n) is 1.96. The number of methoxy groups -OCH3 is 1. The summed E-state index contributed by atoms with van der Waals surface area (Å²) < 4.78 is 4.65. The van der Waals surface area contributed by atoms with Gasteiger partial charge in [0.05, 0.1) is 19.0 Å². The van der Waals surface area contributed by atoms with Gasteiger partial charge in [-0.25, -0.2) is 4.79 Å². The van der Waals surface area contributed by atoms with E-state index in [1.165, 1.54) is 19.2 Å². The summed E-state index contributed by atoms with van der Waals surface area (Å²) in [5.74, 6) is -1.27. The zero-order valence-electron chi connectivity index (χ0n) is 12.0. The van der Waals surface area contributed by atoms with Crippen LogP contribution in [-0.2, 0) is 29.3 Å². The molecule has 6 heteroatoms. The van der Waals surface area contributed by atoms with Crippen LogP contribution in [0.2, 0.25) is 0 Å². The maximum Gasteiger partial charge on any atom is 1.00 e. The third kappa shape index (κ3) is 4.27. The zero-order valence-corrected chi connectivity index (χ0v) is 14.6. The van der Waals surface area contributed by atoms with Crippen LogP contribution in [0.4, 0.5) is 0 Å². The van der Waals surface area contributed by atoms with Crippen LogP contribution in [0.5, 0.6) is 0 Å². The Balaban J connectivity index is 0.00000264. The molecule has 2 aromatic rings. The van der Waals surface area contributed by atoms with Gasteiger partial charge in [0.25, 0.3) is 0 Å². The molecule has 0 bridgehead atoms. The Labute approximate surface area is 145 Å². The van der Waals surface area contributed by atoms with E-state index in [1.807, 2.05) is 0 Å². The molecule has 5 nitrogen and oxygen atoms in total. The van der Waals surface area contributed by atoms with Crippen LogP contribution in [0.1, 0.15) is 31.1 Å². The summed E-state index contributed by atoms with van der Waals surface area (Å²) in [6.45, 7) is 0. The summed E-state index contributed by atoms with van der Waals surface area (Å²) >= 11 is 0. The van der Waals surface area contributed by atoms with Crippen LogP contribution >= 0.6 is 0 Å². The molecule has 0 aliphatic rings. The maximum atomic E-state index is 11.6. The van der Waals surface area contributed by atoms with Crippen molar-refractivity contribution in [1.82, 2.24) is 0 Å². The number of hydrogen-bond acceptors (Lipinski definition) is 5. The first kappa shape index (κ1) is 18.6. The largest absolute Gasteiger partial charge is 1.00 e. The van der Waals surface area contributed by atoms with Crippen molar-refractivity contribution in [3.8, 4) is 11.1 Å². The van der Waals surface area contributed by atoms with Crippen LogP contribution in [0.15, 0.2) is 36.4 Å². The van der Waals surface area contributed by atoms with Crippen molar-refractivity contribution < 1.29 is 43.7 Å². The minimum atomic E-state index is -0.769. The Morgan fingerprint density at radius 3 is 2.43 bits per heavy atom. The van der Waals surface area contributed by atoms with Crippen LogP contribution in [0.25, 0.3) is 11.1 Å². The Kier molecular flexibility index (Phi) is 6.68. The maximum absolute atomic E-state index is 11.6. The monoisotopic (exact) mass is 487 g/mol. The molecule has 0 saturated heterocycles. The van der Waals surface area contributed by atoms with Gasteiger partial charge in [-0.15, -0.1) is 18.2 Å². The minimum Gasteiger partial charge on any atom is -0.465 e. The molecule has 0 aromatic heterocycles. The molecule has 0 spiro atoms. The molecule has 0 fully saturated rings. The molecule has 0 heterocycles. The van der Waals surface area contributed by atoms with Crippen molar-refractivity contribution in [2.75, 3.05) is 7.11 Å². The van der Waals surface area contributed by atoms with Gasteiger partial charge in [-0.2, -0.15) is 0 Å². The normalized spacial score (nSPS) is 9.43. The molecule has 2 rings (SSSR count). The molecule has 0 aliphatic carbocycles. The average Bonchev–Trinajstić information content (AvgIpc) is 2.59. The number of ether oxygens (including phenoxy) is 1. The van der Waals surface area contributed by atoms with Gasteiger partial charge < -0.3 is 19.1 Å². The fourth-order valence-corrected chi connectivity index (χ4v) is 1.96. The zero-order chi connectivity index (χ0) is 16.1. The second-order valence-electron chi connectivity index (χ2n) is 4.41. The van der Waals surface area contributed by atoms with Crippen molar-refractivity contribution in [3.05, 3.63) is 59.2 Å². The van der Waals surface area contributed by atoms with E-state index < -0.39 is 11.8 Å². The van der Waals surface area contributed by atoms with Gasteiger partial charge in [0.15, 0.2) is 12.1 Å². The number of carbonyl (C=O) groups is 4. The smallest absolute Gasteiger partial charge is 0.465 e. The average molecular weight is 486 g/mol. The van der Waals surface area contributed by atoms with Gasteiger partial charge in [-0.3, -0.25) is 0 Å². The third-order valence-electron chi connectivity index (χ3n) is 3.01. The SMILES string of the molecule is COC(=O)c1cccc(-c2cc(C=O)[c-]c(C(=O)C=O)c2)c1.[Os+]. The molecule has 2 aromatic carbocycles.